The summed E-state index contributed by atoms with van der Waals surface area (Å²) < 4.78 is 15.8. The van der Waals surface area contributed by atoms with E-state index in [2.05, 4.69) is 4.98 Å². The van der Waals surface area contributed by atoms with Crippen LogP contribution in [0, 0.1) is 5.82 Å². The Bertz CT molecular complexity index is 519. The van der Waals surface area contributed by atoms with Gasteiger partial charge in [-0.1, -0.05) is 17.7 Å². The van der Waals surface area contributed by atoms with Gasteiger partial charge >= 0.3 is 0 Å². The maximum absolute atomic E-state index is 13.7. The Kier molecular flexibility index (Phi) is 4.93. The molecule has 0 saturated heterocycles. The zero-order valence-electron chi connectivity index (χ0n) is 10.6. The molecular formula is C14H17ClFN3. The summed E-state index contributed by atoms with van der Waals surface area (Å²) in [6.45, 7) is 1.53. The molecule has 0 spiro atoms. The van der Waals surface area contributed by atoms with Crippen LogP contribution in [0.1, 0.15) is 24.2 Å². The van der Waals surface area contributed by atoms with Gasteiger partial charge in [-0.15, -0.1) is 0 Å². The first kappa shape index (κ1) is 14.0. The highest BCUT2D eigenvalue weighted by atomic mass is 35.5. The van der Waals surface area contributed by atoms with Gasteiger partial charge in [0.05, 0.1) is 0 Å². The first-order chi connectivity index (χ1) is 9.22. The Morgan fingerprint density at radius 1 is 1.32 bits per heavy atom. The predicted molar refractivity (Wildman–Crippen MR) is 74.7 cm³/mol. The van der Waals surface area contributed by atoms with Crippen molar-refractivity contribution >= 4 is 11.6 Å². The molecule has 0 aliphatic carbocycles. The van der Waals surface area contributed by atoms with Gasteiger partial charge in [-0.2, -0.15) is 0 Å². The van der Waals surface area contributed by atoms with Crippen molar-refractivity contribution in [2.45, 2.75) is 25.8 Å². The number of rotatable bonds is 6. The van der Waals surface area contributed by atoms with Crippen molar-refractivity contribution in [3.05, 3.63) is 52.8 Å². The summed E-state index contributed by atoms with van der Waals surface area (Å²) in [7, 11) is 0. The quantitative estimate of drug-likeness (QED) is 0.827. The normalized spacial score (nSPS) is 10.9. The van der Waals surface area contributed by atoms with Crippen LogP contribution in [0.25, 0.3) is 0 Å². The molecule has 2 aromatic rings. The zero-order valence-corrected chi connectivity index (χ0v) is 11.4. The second-order valence-corrected chi connectivity index (χ2v) is 4.82. The minimum absolute atomic E-state index is 0.288. The number of nitrogens with zero attached hydrogens (tertiary/aromatic N) is 2. The Morgan fingerprint density at radius 3 is 2.89 bits per heavy atom. The topological polar surface area (TPSA) is 43.8 Å². The van der Waals surface area contributed by atoms with Crippen LogP contribution in [0.3, 0.4) is 0 Å². The van der Waals surface area contributed by atoms with Gasteiger partial charge in [-0.05, 0) is 31.5 Å². The smallest absolute Gasteiger partial charge is 0.128 e. The molecule has 0 atom stereocenters. The number of unbranched alkanes of at least 4 members (excludes halogenated alkanes) is 1. The third-order valence-electron chi connectivity index (χ3n) is 3.05. The number of aromatic nitrogens is 2. The Balaban J connectivity index is 2.13. The Labute approximate surface area is 117 Å². The molecule has 0 bridgehead atoms. The molecular weight excluding hydrogens is 265 g/mol. The first-order valence-corrected chi connectivity index (χ1v) is 6.73. The first-order valence-electron chi connectivity index (χ1n) is 6.35. The highest BCUT2D eigenvalue weighted by Gasteiger charge is 2.11. The van der Waals surface area contributed by atoms with Crippen molar-refractivity contribution in [1.82, 2.24) is 9.55 Å². The summed E-state index contributed by atoms with van der Waals surface area (Å²) in [5.41, 5.74) is 5.97. The van der Waals surface area contributed by atoms with E-state index in [1.807, 2.05) is 10.8 Å². The molecule has 3 nitrogen and oxygen atoms in total. The van der Waals surface area contributed by atoms with Gasteiger partial charge in [0.15, 0.2) is 0 Å². The number of hydrogen-bond donors (Lipinski definition) is 1. The van der Waals surface area contributed by atoms with Gasteiger partial charge in [-0.3, -0.25) is 0 Å². The molecule has 0 radical (unpaired) electrons. The molecule has 0 saturated carbocycles. The fourth-order valence-corrected chi connectivity index (χ4v) is 2.23. The molecule has 0 aliphatic rings. The molecule has 5 heteroatoms. The number of nitrogens with two attached hydrogens (primary N) is 1. The lowest BCUT2D eigenvalue weighted by Crippen LogP contribution is -2.07. The molecule has 1 aromatic carbocycles. The molecule has 0 unspecified atom stereocenters. The maximum Gasteiger partial charge on any atom is 0.128 e. The molecule has 0 amide bonds. The fraction of sp³-hybridized carbons (Fsp3) is 0.357. The van der Waals surface area contributed by atoms with Crippen LogP contribution in [0.5, 0.6) is 0 Å². The minimum Gasteiger partial charge on any atom is -0.335 e. The molecule has 0 aliphatic heterocycles. The predicted octanol–water partition coefficient (Wildman–Crippen LogP) is 3.01. The van der Waals surface area contributed by atoms with Crippen molar-refractivity contribution in [1.29, 1.82) is 0 Å². The van der Waals surface area contributed by atoms with Crippen molar-refractivity contribution < 1.29 is 4.39 Å². The van der Waals surface area contributed by atoms with Crippen molar-refractivity contribution in [3.8, 4) is 0 Å². The lowest BCUT2D eigenvalue weighted by Gasteiger charge is -2.09. The summed E-state index contributed by atoms with van der Waals surface area (Å²) >= 11 is 6.03. The van der Waals surface area contributed by atoms with E-state index >= 15 is 0 Å². The summed E-state index contributed by atoms with van der Waals surface area (Å²) in [5.74, 6) is 0.535. The second kappa shape index (κ2) is 6.68. The monoisotopic (exact) mass is 281 g/mol. The number of imidazole rings is 1. The molecule has 2 N–H and O–H groups in total. The Hall–Kier alpha value is -1.39. The molecule has 1 aromatic heterocycles. The standard InChI is InChI=1S/C14H17ClFN3/c15-12-4-3-5-13(16)11(12)10-14-18-7-9-19(14)8-2-1-6-17/h3-5,7,9H,1-2,6,8,10,17H2. The van der Waals surface area contributed by atoms with Gasteiger partial charge in [-0.25, -0.2) is 9.37 Å². The highest BCUT2D eigenvalue weighted by molar-refractivity contribution is 6.31. The zero-order chi connectivity index (χ0) is 13.7. The van der Waals surface area contributed by atoms with E-state index in [0.29, 0.717) is 23.6 Å². The van der Waals surface area contributed by atoms with Crippen LogP contribution in [-0.2, 0) is 13.0 Å². The fourth-order valence-electron chi connectivity index (χ4n) is 2.00. The maximum atomic E-state index is 13.7. The third kappa shape index (κ3) is 3.55. The molecule has 2 rings (SSSR count). The van der Waals surface area contributed by atoms with Crippen molar-refractivity contribution in [2.24, 2.45) is 5.73 Å². The summed E-state index contributed by atoms with van der Waals surface area (Å²) in [5, 5.41) is 0.441. The number of hydrogen-bond acceptors (Lipinski definition) is 2. The van der Waals surface area contributed by atoms with E-state index in [9.17, 15) is 4.39 Å². The van der Waals surface area contributed by atoms with E-state index in [4.69, 9.17) is 17.3 Å². The molecule has 19 heavy (non-hydrogen) atoms. The number of halogens is 2. The van der Waals surface area contributed by atoms with Crippen LogP contribution in [0.2, 0.25) is 5.02 Å². The second-order valence-electron chi connectivity index (χ2n) is 4.41. The summed E-state index contributed by atoms with van der Waals surface area (Å²) in [6.07, 6.45) is 6.00. The van der Waals surface area contributed by atoms with Gasteiger partial charge in [0, 0.05) is 35.9 Å². The summed E-state index contributed by atoms with van der Waals surface area (Å²) in [4.78, 5) is 4.28. The van der Waals surface area contributed by atoms with E-state index in [0.717, 1.165) is 25.2 Å². The highest BCUT2D eigenvalue weighted by Crippen LogP contribution is 2.21. The minimum atomic E-state index is -0.288. The van der Waals surface area contributed by atoms with Gasteiger partial charge in [0.1, 0.15) is 11.6 Å². The van der Waals surface area contributed by atoms with Gasteiger partial charge in [0.2, 0.25) is 0 Å². The Morgan fingerprint density at radius 2 is 2.16 bits per heavy atom. The van der Waals surface area contributed by atoms with Crippen LogP contribution in [0.15, 0.2) is 30.6 Å². The lowest BCUT2D eigenvalue weighted by atomic mass is 10.1. The van der Waals surface area contributed by atoms with Crippen LogP contribution in [-0.4, -0.2) is 16.1 Å². The number of aryl methyl sites for hydroxylation is 1. The summed E-state index contributed by atoms with van der Waals surface area (Å²) in [6, 6.07) is 4.72. The molecule has 1 heterocycles. The van der Waals surface area contributed by atoms with Crippen LogP contribution in [0.4, 0.5) is 4.39 Å². The molecule has 102 valence electrons. The number of benzene rings is 1. The van der Waals surface area contributed by atoms with E-state index in [-0.39, 0.29) is 5.82 Å². The lowest BCUT2D eigenvalue weighted by molar-refractivity contribution is 0.584. The SMILES string of the molecule is NCCCCn1ccnc1Cc1c(F)cccc1Cl. The van der Waals surface area contributed by atoms with Crippen molar-refractivity contribution in [3.63, 3.8) is 0 Å². The van der Waals surface area contributed by atoms with E-state index in [1.54, 1.807) is 18.3 Å². The third-order valence-corrected chi connectivity index (χ3v) is 3.41. The van der Waals surface area contributed by atoms with E-state index < -0.39 is 0 Å². The average Bonchev–Trinajstić information content (AvgIpc) is 2.82. The van der Waals surface area contributed by atoms with Gasteiger partial charge < -0.3 is 10.3 Å². The van der Waals surface area contributed by atoms with E-state index in [1.165, 1.54) is 6.07 Å². The van der Waals surface area contributed by atoms with Crippen LogP contribution >= 0.6 is 11.6 Å². The van der Waals surface area contributed by atoms with Gasteiger partial charge in [0.25, 0.3) is 0 Å². The van der Waals surface area contributed by atoms with Crippen molar-refractivity contribution in [2.75, 3.05) is 6.54 Å². The molecule has 0 fully saturated rings. The largest absolute Gasteiger partial charge is 0.335 e. The average molecular weight is 282 g/mol. The van der Waals surface area contributed by atoms with Crippen LogP contribution < -0.4 is 5.73 Å².